The predicted octanol–water partition coefficient (Wildman–Crippen LogP) is 5.65. The Kier molecular flexibility index (Phi) is 8.03. The molecule has 45 heavy (non-hydrogen) atoms. The molecule has 0 radical (unpaired) electrons. The fraction of sp³-hybridized carbons (Fsp3) is 0.194. The molecule has 0 fully saturated rings. The minimum absolute atomic E-state index is 0.229. The van der Waals surface area contributed by atoms with Crippen molar-refractivity contribution in [3.63, 3.8) is 0 Å². The van der Waals surface area contributed by atoms with Crippen LogP contribution in [0.5, 0.6) is 11.5 Å². The van der Waals surface area contributed by atoms with Crippen molar-refractivity contribution in [3.05, 3.63) is 133 Å². The summed E-state index contributed by atoms with van der Waals surface area (Å²) < 4.78 is 15.4. The molecule has 1 aliphatic rings. The first kappa shape index (κ1) is 29.9. The first-order chi connectivity index (χ1) is 21.8. The van der Waals surface area contributed by atoms with E-state index in [1.54, 1.807) is 24.9 Å². The summed E-state index contributed by atoms with van der Waals surface area (Å²) in [6, 6.07) is 20.4. The summed E-state index contributed by atoms with van der Waals surface area (Å²) in [6.45, 7) is 10.4. The van der Waals surface area contributed by atoms with Gasteiger partial charge in [0.2, 0.25) is 0 Å². The van der Waals surface area contributed by atoms with E-state index in [4.69, 9.17) is 14.5 Å². The molecule has 0 aliphatic carbocycles. The lowest BCUT2D eigenvalue weighted by atomic mass is 9.94. The Morgan fingerprint density at radius 2 is 1.76 bits per heavy atom. The average Bonchev–Trinajstić information content (AvgIpc) is 3.49. The molecule has 3 aromatic carbocycles. The zero-order valence-corrected chi connectivity index (χ0v) is 26.7. The summed E-state index contributed by atoms with van der Waals surface area (Å²) >= 11 is 1.31. The number of aryl methyl sites for hydroxylation is 1. The Bertz CT molecular complexity index is 2200. The first-order valence-corrected chi connectivity index (χ1v) is 15.4. The maximum Gasteiger partial charge on any atom is 0.271 e. The maximum absolute atomic E-state index is 14.4. The van der Waals surface area contributed by atoms with Crippen LogP contribution in [0.3, 0.4) is 0 Å². The van der Waals surface area contributed by atoms with Gasteiger partial charge in [-0.3, -0.25) is 14.2 Å². The van der Waals surface area contributed by atoms with Gasteiger partial charge in [0.25, 0.3) is 11.5 Å². The molecule has 228 valence electrons. The molecule has 0 bridgehead atoms. The SMILES string of the molecule is C=CCn1c(C)c(/C=c2\sc3n(c2=O)[C@H](c2ccc(OC)c(OC)c2)C(C(=O)Nc2ccccc2C)=C(C)N=3)c2ccccc21. The quantitative estimate of drug-likeness (QED) is 0.228. The summed E-state index contributed by atoms with van der Waals surface area (Å²) in [5, 5.41) is 4.11. The monoisotopic (exact) mass is 618 g/mol. The number of aromatic nitrogens is 2. The van der Waals surface area contributed by atoms with Crippen LogP contribution in [0.15, 0.2) is 100 Å². The summed E-state index contributed by atoms with van der Waals surface area (Å²) in [5.41, 5.74) is 6.07. The van der Waals surface area contributed by atoms with Crippen molar-refractivity contribution in [1.82, 2.24) is 9.13 Å². The van der Waals surface area contributed by atoms with Crippen LogP contribution in [0.4, 0.5) is 5.69 Å². The van der Waals surface area contributed by atoms with E-state index in [2.05, 4.69) is 35.5 Å². The van der Waals surface area contributed by atoms with Gasteiger partial charge in [0.05, 0.1) is 36.1 Å². The van der Waals surface area contributed by atoms with Gasteiger partial charge in [-0.15, -0.1) is 6.58 Å². The summed E-state index contributed by atoms with van der Waals surface area (Å²) in [6.07, 6.45) is 3.81. The van der Waals surface area contributed by atoms with Crippen molar-refractivity contribution < 1.29 is 14.3 Å². The van der Waals surface area contributed by atoms with Crippen molar-refractivity contribution in [3.8, 4) is 11.5 Å². The van der Waals surface area contributed by atoms with E-state index < -0.39 is 6.04 Å². The second-order valence-electron chi connectivity index (χ2n) is 10.9. The number of nitrogens with one attached hydrogen (secondary N) is 1. The smallest absolute Gasteiger partial charge is 0.271 e. The molecule has 3 heterocycles. The van der Waals surface area contributed by atoms with E-state index >= 15 is 0 Å². The van der Waals surface area contributed by atoms with Crippen LogP contribution < -0.4 is 29.7 Å². The van der Waals surface area contributed by atoms with Crippen molar-refractivity contribution in [1.29, 1.82) is 0 Å². The van der Waals surface area contributed by atoms with Gasteiger partial charge in [0.1, 0.15) is 0 Å². The number of anilines is 1. The van der Waals surface area contributed by atoms with E-state index in [0.29, 0.717) is 49.9 Å². The zero-order chi connectivity index (χ0) is 31.8. The van der Waals surface area contributed by atoms with Crippen molar-refractivity contribution in [2.24, 2.45) is 4.99 Å². The van der Waals surface area contributed by atoms with E-state index in [-0.39, 0.29) is 11.5 Å². The average molecular weight is 619 g/mol. The summed E-state index contributed by atoms with van der Waals surface area (Å²) in [7, 11) is 3.13. The summed E-state index contributed by atoms with van der Waals surface area (Å²) in [4.78, 5) is 33.8. The number of benzene rings is 3. The molecule has 9 heteroatoms. The van der Waals surface area contributed by atoms with Gasteiger partial charge in [0, 0.05) is 34.4 Å². The molecular formula is C36H34N4O4S. The molecule has 1 N–H and O–H groups in total. The number of hydrogen-bond acceptors (Lipinski definition) is 6. The lowest BCUT2D eigenvalue weighted by Gasteiger charge is -2.26. The highest BCUT2D eigenvalue weighted by Crippen LogP contribution is 2.36. The molecule has 2 aromatic heterocycles. The number of methoxy groups -OCH3 is 2. The normalized spacial score (nSPS) is 14.7. The van der Waals surface area contributed by atoms with Gasteiger partial charge in [-0.2, -0.15) is 0 Å². The third-order valence-corrected chi connectivity index (χ3v) is 9.23. The molecule has 1 amide bonds. The number of nitrogens with zero attached hydrogens (tertiary/aromatic N) is 3. The molecule has 1 atom stereocenters. The molecule has 0 unspecified atom stereocenters. The number of para-hydroxylation sites is 2. The zero-order valence-electron chi connectivity index (χ0n) is 25.9. The largest absolute Gasteiger partial charge is 0.493 e. The van der Waals surface area contributed by atoms with Gasteiger partial charge >= 0.3 is 0 Å². The van der Waals surface area contributed by atoms with Crippen molar-refractivity contribution in [2.75, 3.05) is 19.5 Å². The minimum atomic E-state index is -0.754. The minimum Gasteiger partial charge on any atom is -0.493 e. The van der Waals surface area contributed by atoms with Gasteiger partial charge in [-0.25, -0.2) is 4.99 Å². The van der Waals surface area contributed by atoms with E-state index in [9.17, 15) is 9.59 Å². The van der Waals surface area contributed by atoms with Crippen molar-refractivity contribution in [2.45, 2.75) is 33.4 Å². The van der Waals surface area contributed by atoms with Crippen molar-refractivity contribution >= 4 is 39.9 Å². The van der Waals surface area contributed by atoms with Gasteiger partial charge in [-0.05, 0) is 62.2 Å². The van der Waals surface area contributed by atoms with Gasteiger partial charge in [-0.1, -0.05) is 59.9 Å². The van der Waals surface area contributed by atoms with E-state index in [0.717, 1.165) is 27.7 Å². The maximum atomic E-state index is 14.4. The van der Waals surface area contributed by atoms with Crippen LogP contribution in [0, 0.1) is 13.8 Å². The topological polar surface area (TPSA) is 86.8 Å². The number of rotatable bonds is 8. The molecule has 1 aliphatic heterocycles. The fourth-order valence-corrected chi connectivity index (χ4v) is 7.02. The molecule has 0 spiro atoms. The van der Waals surface area contributed by atoms with E-state index in [1.165, 1.54) is 11.3 Å². The van der Waals surface area contributed by atoms with Crippen LogP contribution in [0.25, 0.3) is 17.0 Å². The Balaban J connectivity index is 1.57. The molecule has 8 nitrogen and oxygen atoms in total. The van der Waals surface area contributed by atoms with Crippen LogP contribution in [-0.2, 0) is 11.3 Å². The Hall–Kier alpha value is -5.15. The third-order valence-electron chi connectivity index (χ3n) is 8.25. The fourth-order valence-electron chi connectivity index (χ4n) is 5.99. The number of ether oxygens (including phenoxy) is 2. The highest BCUT2D eigenvalue weighted by molar-refractivity contribution is 7.07. The second-order valence-corrected chi connectivity index (χ2v) is 11.9. The molecule has 0 saturated heterocycles. The highest BCUT2D eigenvalue weighted by atomic mass is 32.1. The number of fused-ring (bicyclic) bond motifs is 2. The molecule has 5 aromatic rings. The van der Waals surface area contributed by atoms with E-state index in [1.807, 2.05) is 74.5 Å². The Morgan fingerprint density at radius 3 is 2.49 bits per heavy atom. The lowest BCUT2D eigenvalue weighted by molar-refractivity contribution is -0.113. The standard InChI is InChI=1S/C36H34N4O4S/c1-7-18-39-23(4)26(25-13-9-11-15-28(25)39)20-31-35(42)40-33(24-16-17-29(43-5)30(19-24)44-6)32(22(3)37-36(40)45-31)34(41)38-27-14-10-8-12-21(27)2/h7-17,19-20,33H,1,18H2,2-6H3,(H,38,41)/b31-20-/t33-/m1/s1. The third kappa shape index (κ3) is 5.19. The summed E-state index contributed by atoms with van der Waals surface area (Å²) in [5.74, 6) is 0.714. The first-order valence-electron chi connectivity index (χ1n) is 14.6. The van der Waals surface area contributed by atoms with Crippen LogP contribution in [0.2, 0.25) is 0 Å². The molecular weight excluding hydrogens is 584 g/mol. The van der Waals surface area contributed by atoms with Gasteiger partial charge < -0.3 is 19.4 Å². The number of hydrogen-bond donors (Lipinski definition) is 1. The van der Waals surface area contributed by atoms with Crippen LogP contribution in [-0.4, -0.2) is 29.3 Å². The van der Waals surface area contributed by atoms with Crippen LogP contribution in [0.1, 0.15) is 35.3 Å². The Morgan fingerprint density at radius 1 is 1.02 bits per heavy atom. The van der Waals surface area contributed by atoms with Gasteiger partial charge in [0.15, 0.2) is 16.3 Å². The molecule has 6 rings (SSSR count). The Labute approximate surface area is 264 Å². The molecule has 0 saturated carbocycles. The second kappa shape index (κ2) is 12.1. The van der Waals surface area contributed by atoms with Crippen LogP contribution >= 0.6 is 11.3 Å². The number of allylic oxidation sites excluding steroid dienone is 2. The lowest BCUT2D eigenvalue weighted by Crippen LogP contribution is -2.40. The number of thiazole rings is 1. The predicted molar refractivity (Wildman–Crippen MR) is 180 cm³/mol. The number of carbonyl (C=O) groups is 1. The number of amides is 1. The number of carbonyl (C=O) groups excluding carboxylic acids is 1. The highest BCUT2D eigenvalue weighted by Gasteiger charge is 2.33.